The summed E-state index contributed by atoms with van der Waals surface area (Å²) in [6.45, 7) is 1.81. The van der Waals surface area contributed by atoms with Crippen molar-refractivity contribution in [2.24, 2.45) is 0 Å². The number of non-ortho nitro benzene ring substituents is 1. The quantitative estimate of drug-likeness (QED) is 0.460. The van der Waals surface area contributed by atoms with E-state index < -0.39 is 16.5 Å². The van der Waals surface area contributed by atoms with E-state index in [4.69, 9.17) is 4.74 Å². The third-order valence-corrected chi connectivity index (χ3v) is 5.56. The van der Waals surface area contributed by atoms with Crippen LogP contribution in [-0.2, 0) is 23.2 Å². The van der Waals surface area contributed by atoms with Crippen LogP contribution in [0.2, 0.25) is 0 Å². The van der Waals surface area contributed by atoms with Gasteiger partial charge in [0, 0.05) is 6.07 Å². The molecule has 150 valence electrons. The summed E-state index contributed by atoms with van der Waals surface area (Å²) in [5.74, 6) is -0.0178. The van der Waals surface area contributed by atoms with Gasteiger partial charge in [-0.25, -0.2) is 4.79 Å². The highest BCUT2D eigenvalue weighted by atomic mass is 16.6. The summed E-state index contributed by atoms with van der Waals surface area (Å²) in [6, 6.07) is 11.3. The SMILES string of the molecule is CC1(c2ccc3c(c2)CCC3)NC(=O)N(CCOc2cccc([N+](=O)[O-])c2)C1=O. The van der Waals surface area contributed by atoms with Crippen LogP contribution in [0.3, 0.4) is 0 Å². The van der Waals surface area contributed by atoms with E-state index in [9.17, 15) is 19.7 Å². The minimum absolute atomic E-state index is 0.0423. The first-order valence-electron chi connectivity index (χ1n) is 9.52. The highest BCUT2D eigenvalue weighted by Gasteiger charge is 2.49. The number of nitro groups is 1. The maximum absolute atomic E-state index is 13.0. The molecule has 8 heteroatoms. The van der Waals surface area contributed by atoms with E-state index in [-0.39, 0.29) is 24.7 Å². The van der Waals surface area contributed by atoms with Crippen molar-refractivity contribution in [1.82, 2.24) is 10.2 Å². The fourth-order valence-electron chi connectivity index (χ4n) is 3.92. The summed E-state index contributed by atoms with van der Waals surface area (Å²) < 4.78 is 5.51. The van der Waals surface area contributed by atoms with Gasteiger partial charge in [-0.05, 0) is 48.9 Å². The van der Waals surface area contributed by atoms with Crippen LogP contribution >= 0.6 is 0 Å². The van der Waals surface area contributed by atoms with E-state index in [0.29, 0.717) is 5.75 Å². The lowest BCUT2D eigenvalue weighted by Crippen LogP contribution is -2.41. The lowest BCUT2D eigenvalue weighted by molar-refractivity contribution is -0.384. The molecule has 0 spiro atoms. The molecule has 0 bridgehead atoms. The predicted molar refractivity (Wildman–Crippen MR) is 105 cm³/mol. The number of aryl methyl sites for hydroxylation is 2. The molecule has 1 aliphatic carbocycles. The molecule has 4 rings (SSSR count). The number of nitrogens with zero attached hydrogens (tertiary/aromatic N) is 2. The first kappa shape index (κ1) is 18.9. The molecule has 1 fully saturated rings. The van der Waals surface area contributed by atoms with Gasteiger partial charge in [-0.2, -0.15) is 0 Å². The van der Waals surface area contributed by atoms with Crippen LogP contribution in [0.5, 0.6) is 5.75 Å². The molecule has 0 aromatic heterocycles. The molecule has 1 heterocycles. The monoisotopic (exact) mass is 395 g/mol. The van der Waals surface area contributed by atoms with E-state index >= 15 is 0 Å². The van der Waals surface area contributed by atoms with Crippen molar-refractivity contribution >= 4 is 17.6 Å². The Morgan fingerprint density at radius 2 is 1.97 bits per heavy atom. The van der Waals surface area contributed by atoms with Crippen molar-refractivity contribution in [3.63, 3.8) is 0 Å². The summed E-state index contributed by atoms with van der Waals surface area (Å²) in [6.07, 6.45) is 3.15. The number of carbonyl (C=O) groups is 2. The van der Waals surface area contributed by atoms with E-state index in [2.05, 4.69) is 5.32 Å². The summed E-state index contributed by atoms with van der Waals surface area (Å²) in [7, 11) is 0. The third-order valence-electron chi connectivity index (χ3n) is 5.56. The van der Waals surface area contributed by atoms with Crippen LogP contribution in [-0.4, -0.2) is 34.9 Å². The van der Waals surface area contributed by atoms with Crippen LogP contribution < -0.4 is 10.1 Å². The second-order valence-electron chi connectivity index (χ2n) is 7.45. The van der Waals surface area contributed by atoms with Gasteiger partial charge in [-0.3, -0.25) is 19.8 Å². The number of benzene rings is 2. The summed E-state index contributed by atoms with van der Waals surface area (Å²) in [5.41, 5.74) is 2.12. The molecule has 2 aliphatic rings. The number of fused-ring (bicyclic) bond motifs is 1. The highest BCUT2D eigenvalue weighted by Crippen LogP contribution is 2.32. The minimum Gasteiger partial charge on any atom is -0.491 e. The molecule has 1 atom stereocenters. The summed E-state index contributed by atoms with van der Waals surface area (Å²) >= 11 is 0. The molecule has 8 nitrogen and oxygen atoms in total. The second-order valence-corrected chi connectivity index (χ2v) is 7.45. The number of nitrogens with one attached hydrogen (secondary N) is 1. The number of rotatable bonds is 6. The van der Waals surface area contributed by atoms with Crippen LogP contribution in [0.25, 0.3) is 0 Å². The average molecular weight is 395 g/mol. The first-order chi connectivity index (χ1) is 13.9. The lowest BCUT2D eigenvalue weighted by atomic mass is 9.90. The number of urea groups is 1. The van der Waals surface area contributed by atoms with Gasteiger partial charge in [0.25, 0.3) is 11.6 Å². The van der Waals surface area contributed by atoms with Gasteiger partial charge in [-0.15, -0.1) is 0 Å². The highest BCUT2D eigenvalue weighted by molar-refractivity contribution is 6.07. The zero-order valence-electron chi connectivity index (χ0n) is 16.0. The van der Waals surface area contributed by atoms with Crippen LogP contribution in [0, 0.1) is 10.1 Å². The molecule has 1 aliphatic heterocycles. The zero-order chi connectivity index (χ0) is 20.6. The molecule has 0 radical (unpaired) electrons. The van der Waals surface area contributed by atoms with Crippen molar-refractivity contribution in [3.05, 3.63) is 69.3 Å². The Balaban J connectivity index is 1.44. The van der Waals surface area contributed by atoms with Gasteiger partial charge < -0.3 is 10.1 Å². The van der Waals surface area contributed by atoms with Crippen molar-refractivity contribution in [1.29, 1.82) is 0 Å². The van der Waals surface area contributed by atoms with E-state index in [1.54, 1.807) is 13.0 Å². The molecule has 0 saturated carbocycles. The Morgan fingerprint density at radius 1 is 1.17 bits per heavy atom. The van der Waals surface area contributed by atoms with Crippen molar-refractivity contribution in [2.45, 2.75) is 31.7 Å². The van der Waals surface area contributed by atoms with Crippen LogP contribution in [0.1, 0.15) is 30.0 Å². The Morgan fingerprint density at radius 3 is 2.76 bits per heavy atom. The number of hydrogen-bond donors (Lipinski definition) is 1. The van der Waals surface area contributed by atoms with Gasteiger partial charge >= 0.3 is 6.03 Å². The Labute approximate surface area is 167 Å². The van der Waals surface area contributed by atoms with Crippen molar-refractivity contribution in [2.75, 3.05) is 13.2 Å². The van der Waals surface area contributed by atoms with Gasteiger partial charge in [0.2, 0.25) is 0 Å². The second kappa shape index (κ2) is 7.20. The minimum atomic E-state index is -1.11. The summed E-state index contributed by atoms with van der Waals surface area (Å²) in [5, 5.41) is 13.6. The van der Waals surface area contributed by atoms with Gasteiger partial charge in [0.15, 0.2) is 0 Å². The van der Waals surface area contributed by atoms with Gasteiger partial charge in [0.05, 0.1) is 17.5 Å². The average Bonchev–Trinajstić information content (AvgIpc) is 3.26. The number of ether oxygens (including phenoxy) is 1. The van der Waals surface area contributed by atoms with Crippen LogP contribution in [0.4, 0.5) is 10.5 Å². The molecule has 1 saturated heterocycles. The number of hydrogen-bond acceptors (Lipinski definition) is 5. The maximum Gasteiger partial charge on any atom is 0.325 e. The lowest BCUT2D eigenvalue weighted by Gasteiger charge is -2.23. The fourth-order valence-corrected chi connectivity index (χ4v) is 3.92. The molecule has 29 heavy (non-hydrogen) atoms. The van der Waals surface area contributed by atoms with E-state index in [1.165, 1.54) is 29.3 Å². The molecule has 1 N–H and O–H groups in total. The first-order valence-corrected chi connectivity index (χ1v) is 9.52. The Bertz CT molecular complexity index is 1010. The van der Waals surface area contributed by atoms with Crippen molar-refractivity contribution < 1.29 is 19.2 Å². The normalized spacial score (nSPS) is 20.5. The van der Waals surface area contributed by atoms with Gasteiger partial charge in [-0.1, -0.05) is 24.3 Å². The van der Waals surface area contributed by atoms with Gasteiger partial charge in [0.1, 0.15) is 17.9 Å². The molecule has 2 aromatic carbocycles. The van der Waals surface area contributed by atoms with Crippen molar-refractivity contribution in [3.8, 4) is 5.75 Å². The topological polar surface area (TPSA) is 102 Å². The molecule has 2 aromatic rings. The number of carbonyl (C=O) groups excluding carboxylic acids is 2. The molecular weight excluding hydrogens is 374 g/mol. The zero-order valence-corrected chi connectivity index (χ0v) is 16.0. The largest absolute Gasteiger partial charge is 0.491 e. The summed E-state index contributed by atoms with van der Waals surface area (Å²) in [4.78, 5) is 36.9. The standard InChI is InChI=1S/C21H21N3O5/c1-21(16-9-8-14-4-2-5-15(14)12-16)19(25)23(20(26)22-21)10-11-29-18-7-3-6-17(13-18)24(27)28/h3,6-9,12-13H,2,4-5,10-11H2,1H3,(H,22,26). The smallest absolute Gasteiger partial charge is 0.325 e. The molecular formula is C21H21N3O5. The Hall–Kier alpha value is -3.42. The predicted octanol–water partition coefficient (Wildman–Crippen LogP) is 2.93. The maximum atomic E-state index is 13.0. The van der Waals surface area contributed by atoms with Crippen LogP contribution in [0.15, 0.2) is 42.5 Å². The molecule has 1 unspecified atom stereocenters. The number of imide groups is 1. The molecule has 3 amide bonds. The fraction of sp³-hybridized carbons (Fsp3) is 0.333. The Kier molecular flexibility index (Phi) is 4.70. The third kappa shape index (κ3) is 3.41. The number of amides is 3. The van der Waals surface area contributed by atoms with E-state index in [0.717, 1.165) is 29.7 Å². The van der Waals surface area contributed by atoms with E-state index in [1.807, 2.05) is 18.2 Å². The number of nitro benzene ring substituents is 1.